The first-order valence-electron chi connectivity index (χ1n) is 12.0. The number of imidazole rings is 1. The number of carboxylic acids is 1. The fraction of sp³-hybridized carbons (Fsp3) is 0.241. The number of benzene rings is 3. The molecule has 0 aliphatic carbocycles. The zero-order chi connectivity index (χ0) is 26.4. The van der Waals surface area contributed by atoms with Gasteiger partial charge in [-0.15, -0.1) is 0 Å². The van der Waals surface area contributed by atoms with Crippen LogP contribution < -0.4 is 9.47 Å². The minimum absolute atomic E-state index is 0.145. The number of nitrogens with zero attached hydrogens (tertiary/aromatic N) is 2. The molecule has 0 radical (unpaired) electrons. The Morgan fingerprint density at radius 1 is 0.865 bits per heavy atom. The number of unbranched alkanes of at least 4 members (excludes halogenated alkanes) is 2. The van der Waals surface area contributed by atoms with Gasteiger partial charge in [-0.1, -0.05) is 66.0 Å². The van der Waals surface area contributed by atoms with Crippen molar-refractivity contribution in [1.82, 2.24) is 9.55 Å². The van der Waals surface area contributed by atoms with Gasteiger partial charge in [-0.25, -0.2) is 4.98 Å². The van der Waals surface area contributed by atoms with E-state index in [2.05, 4.69) is 4.57 Å². The SMILES string of the molecule is COc1cc(OC)cc(-c2nc(-c3ccccc3Cl)c(-c3ccccc3Cl)n2CCCCCC(=O)O)c1. The van der Waals surface area contributed by atoms with Crippen molar-refractivity contribution in [1.29, 1.82) is 0 Å². The molecule has 0 atom stereocenters. The van der Waals surface area contributed by atoms with Gasteiger partial charge in [0, 0.05) is 40.7 Å². The van der Waals surface area contributed by atoms with Crippen molar-refractivity contribution in [2.75, 3.05) is 14.2 Å². The molecule has 37 heavy (non-hydrogen) atoms. The number of rotatable bonds is 11. The van der Waals surface area contributed by atoms with Crippen LogP contribution in [0.3, 0.4) is 0 Å². The summed E-state index contributed by atoms with van der Waals surface area (Å²) in [6.45, 7) is 0.604. The van der Waals surface area contributed by atoms with E-state index in [1.807, 2.05) is 66.7 Å². The third-order valence-electron chi connectivity index (χ3n) is 6.11. The molecule has 0 amide bonds. The van der Waals surface area contributed by atoms with Gasteiger partial charge in [-0.2, -0.15) is 0 Å². The normalized spacial score (nSPS) is 10.9. The number of carbonyl (C=O) groups is 1. The van der Waals surface area contributed by atoms with Gasteiger partial charge in [-0.05, 0) is 37.1 Å². The average molecular weight is 539 g/mol. The smallest absolute Gasteiger partial charge is 0.303 e. The monoisotopic (exact) mass is 538 g/mol. The molecule has 0 saturated heterocycles. The van der Waals surface area contributed by atoms with Gasteiger partial charge in [0.1, 0.15) is 17.3 Å². The number of halogens is 2. The summed E-state index contributed by atoms with van der Waals surface area (Å²) in [5, 5.41) is 10.2. The topological polar surface area (TPSA) is 73.6 Å². The minimum Gasteiger partial charge on any atom is -0.497 e. The first-order chi connectivity index (χ1) is 17.9. The highest BCUT2D eigenvalue weighted by Crippen LogP contribution is 2.42. The maximum Gasteiger partial charge on any atom is 0.303 e. The molecule has 0 saturated carbocycles. The summed E-state index contributed by atoms with van der Waals surface area (Å²) in [6.07, 6.45) is 2.27. The fourth-order valence-electron chi connectivity index (χ4n) is 4.32. The molecule has 4 aromatic rings. The van der Waals surface area contributed by atoms with E-state index in [-0.39, 0.29) is 6.42 Å². The van der Waals surface area contributed by atoms with Gasteiger partial charge in [0.15, 0.2) is 0 Å². The Balaban J connectivity index is 1.95. The van der Waals surface area contributed by atoms with Crippen molar-refractivity contribution in [2.45, 2.75) is 32.2 Å². The first-order valence-corrected chi connectivity index (χ1v) is 12.7. The number of aliphatic carboxylic acids is 1. The number of carboxylic acid groups (broad SMARTS) is 1. The summed E-state index contributed by atoms with van der Waals surface area (Å²) in [6, 6.07) is 20.9. The molecule has 3 aromatic carbocycles. The van der Waals surface area contributed by atoms with E-state index in [0.717, 1.165) is 35.2 Å². The number of hydrogen-bond donors (Lipinski definition) is 1. The number of aromatic nitrogens is 2. The highest BCUT2D eigenvalue weighted by atomic mass is 35.5. The molecule has 0 aliphatic heterocycles. The molecule has 4 rings (SSSR count). The molecule has 1 heterocycles. The molecule has 0 bridgehead atoms. The lowest BCUT2D eigenvalue weighted by Gasteiger charge is -2.15. The van der Waals surface area contributed by atoms with Crippen molar-refractivity contribution in [3.63, 3.8) is 0 Å². The molecular weight excluding hydrogens is 511 g/mol. The Morgan fingerprint density at radius 3 is 2.03 bits per heavy atom. The van der Waals surface area contributed by atoms with Crippen LogP contribution in [0.4, 0.5) is 0 Å². The van der Waals surface area contributed by atoms with Gasteiger partial charge in [-0.3, -0.25) is 4.79 Å². The lowest BCUT2D eigenvalue weighted by atomic mass is 10.0. The highest BCUT2D eigenvalue weighted by molar-refractivity contribution is 6.34. The van der Waals surface area contributed by atoms with Crippen LogP contribution in [0.2, 0.25) is 10.0 Å². The van der Waals surface area contributed by atoms with Crippen LogP contribution >= 0.6 is 23.2 Å². The van der Waals surface area contributed by atoms with Gasteiger partial charge in [0.05, 0.1) is 30.6 Å². The van der Waals surface area contributed by atoms with Crippen LogP contribution in [-0.2, 0) is 11.3 Å². The largest absolute Gasteiger partial charge is 0.497 e. The molecule has 6 nitrogen and oxygen atoms in total. The summed E-state index contributed by atoms with van der Waals surface area (Å²) >= 11 is 13.4. The van der Waals surface area contributed by atoms with Gasteiger partial charge in [0.25, 0.3) is 0 Å². The Hall–Kier alpha value is -3.48. The number of methoxy groups -OCH3 is 2. The third-order valence-corrected chi connectivity index (χ3v) is 6.77. The Labute approximate surface area is 226 Å². The van der Waals surface area contributed by atoms with Crippen LogP contribution in [-0.4, -0.2) is 34.8 Å². The number of hydrogen-bond acceptors (Lipinski definition) is 4. The summed E-state index contributed by atoms with van der Waals surface area (Å²) in [7, 11) is 3.22. The van der Waals surface area contributed by atoms with Crippen LogP contribution in [0.25, 0.3) is 33.9 Å². The Kier molecular flexibility index (Phi) is 8.74. The second-order valence-electron chi connectivity index (χ2n) is 8.55. The predicted molar refractivity (Wildman–Crippen MR) is 148 cm³/mol. The first kappa shape index (κ1) is 26.6. The predicted octanol–water partition coefficient (Wildman–Crippen LogP) is 7.85. The summed E-state index contributed by atoms with van der Waals surface area (Å²) in [5.74, 6) is 1.21. The highest BCUT2D eigenvalue weighted by Gasteiger charge is 2.24. The van der Waals surface area contributed by atoms with Gasteiger partial charge in [0.2, 0.25) is 0 Å². The summed E-state index contributed by atoms with van der Waals surface area (Å²) < 4.78 is 13.2. The van der Waals surface area contributed by atoms with Crippen molar-refractivity contribution in [3.8, 4) is 45.4 Å². The fourth-order valence-corrected chi connectivity index (χ4v) is 4.77. The lowest BCUT2D eigenvalue weighted by Crippen LogP contribution is -2.05. The molecule has 8 heteroatoms. The lowest BCUT2D eigenvalue weighted by molar-refractivity contribution is -0.137. The molecular formula is C29H28Cl2N2O4. The van der Waals surface area contributed by atoms with Crippen molar-refractivity contribution >= 4 is 29.2 Å². The second-order valence-corrected chi connectivity index (χ2v) is 9.36. The maximum absolute atomic E-state index is 11.0. The maximum atomic E-state index is 11.0. The Bertz CT molecular complexity index is 1380. The van der Waals surface area contributed by atoms with E-state index < -0.39 is 5.97 Å². The molecule has 0 spiro atoms. The molecule has 0 aliphatic rings. The van der Waals surface area contributed by atoms with Crippen molar-refractivity contribution < 1.29 is 19.4 Å². The van der Waals surface area contributed by atoms with E-state index in [1.165, 1.54) is 0 Å². The standard InChI is InChI=1S/C29H28Cl2N2O4/c1-36-20-16-19(17-21(18-20)37-2)29-32-27(22-10-5-7-12-24(22)30)28(23-11-6-8-13-25(23)31)33(29)15-9-3-4-14-26(34)35/h5-8,10-13,16-18H,3-4,9,14-15H2,1-2H3,(H,34,35). The van der Waals surface area contributed by atoms with Crippen LogP contribution in [0.15, 0.2) is 66.7 Å². The van der Waals surface area contributed by atoms with Gasteiger partial charge >= 0.3 is 5.97 Å². The number of ether oxygens (including phenoxy) is 2. The van der Waals surface area contributed by atoms with E-state index in [4.69, 9.17) is 42.8 Å². The Morgan fingerprint density at radius 2 is 1.46 bits per heavy atom. The molecule has 192 valence electrons. The van der Waals surface area contributed by atoms with E-state index in [1.54, 1.807) is 14.2 Å². The van der Waals surface area contributed by atoms with Crippen LogP contribution in [0.1, 0.15) is 25.7 Å². The van der Waals surface area contributed by atoms with E-state index >= 15 is 0 Å². The second kappa shape index (κ2) is 12.2. The summed E-state index contributed by atoms with van der Waals surface area (Å²) in [4.78, 5) is 16.1. The van der Waals surface area contributed by atoms with E-state index in [0.29, 0.717) is 46.0 Å². The average Bonchev–Trinajstić information content (AvgIpc) is 3.27. The van der Waals surface area contributed by atoms with Crippen molar-refractivity contribution in [2.24, 2.45) is 0 Å². The van der Waals surface area contributed by atoms with Gasteiger partial charge < -0.3 is 19.1 Å². The van der Waals surface area contributed by atoms with Crippen LogP contribution in [0.5, 0.6) is 11.5 Å². The van der Waals surface area contributed by atoms with E-state index in [9.17, 15) is 4.79 Å². The molecule has 0 fully saturated rings. The molecule has 1 N–H and O–H groups in total. The molecule has 0 unspecified atom stereocenters. The zero-order valence-electron chi connectivity index (χ0n) is 20.7. The zero-order valence-corrected chi connectivity index (χ0v) is 22.2. The quantitative estimate of drug-likeness (QED) is 0.197. The third kappa shape index (κ3) is 6.09. The molecule has 1 aromatic heterocycles. The van der Waals surface area contributed by atoms with Crippen molar-refractivity contribution in [3.05, 3.63) is 76.8 Å². The summed E-state index contributed by atoms with van der Waals surface area (Å²) in [5.41, 5.74) is 3.99. The van der Waals surface area contributed by atoms with Crippen LogP contribution in [0, 0.1) is 0 Å². The minimum atomic E-state index is -0.787.